The Morgan fingerprint density at radius 1 is 1.14 bits per heavy atom. The first-order chi connectivity index (χ1) is 13.5. The van der Waals surface area contributed by atoms with E-state index in [0.717, 1.165) is 12.1 Å². The molecular weight excluding hydrogens is 454 g/mol. The van der Waals surface area contributed by atoms with Crippen LogP contribution in [0.3, 0.4) is 0 Å². The third-order valence-corrected chi connectivity index (χ3v) is 4.95. The Morgan fingerprint density at radius 2 is 1.79 bits per heavy atom. The van der Waals surface area contributed by atoms with E-state index in [1.807, 2.05) is 0 Å². The highest BCUT2D eigenvalue weighted by Crippen LogP contribution is 2.49. The normalized spacial score (nSPS) is 18.8. The van der Waals surface area contributed by atoms with Gasteiger partial charge in [0.25, 0.3) is 5.60 Å². The van der Waals surface area contributed by atoms with E-state index in [1.54, 1.807) is 0 Å². The highest BCUT2D eigenvalue weighted by molar-refractivity contribution is 6.34. The third kappa shape index (κ3) is 4.39. The Hall–Kier alpha value is -2.16. The van der Waals surface area contributed by atoms with Crippen LogP contribution >= 0.6 is 34.8 Å². The Labute approximate surface area is 178 Å². The molecule has 3 rings (SSSR count). The monoisotopic (exact) mass is 465 g/mol. The Kier molecular flexibility index (Phi) is 5.89. The molecule has 0 aromatic heterocycles. The minimum absolute atomic E-state index is 0.0426. The van der Waals surface area contributed by atoms with Gasteiger partial charge >= 0.3 is 6.18 Å². The summed E-state index contributed by atoms with van der Waals surface area (Å²) in [7, 11) is 0. The molecule has 1 atom stereocenters. The number of hydrogen-bond acceptors (Lipinski definition) is 4. The van der Waals surface area contributed by atoms with Crippen molar-refractivity contribution in [3.05, 3.63) is 62.6 Å². The van der Waals surface area contributed by atoms with Crippen LogP contribution in [0.2, 0.25) is 15.1 Å². The fourth-order valence-electron chi connectivity index (χ4n) is 2.80. The smallest absolute Gasteiger partial charge is 0.374 e. The molecule has 154 valence electrons. The van der Waals surface area contributed by atoms with Crippen molar-refractivity contribution < 1.29 is 22.8 Å². The Bertz CT molecular complexity index is 978. The summed E-state index contributed by atoms with van der Waals surface area (Å²) in [5.74, 6) is -0.373. The second-order valence-corrected chi connectivity index (χ2v) is 7.57. The first-order valence-corrected chi connectivity index (χ1v) is 9.26. The summed E-state index contributed by atoms with van der Waals surface area (Å²) >= 11 is 17.8. The molecule has 0 saturated heterocycles. The van der Waals surface area contributed by atoms with E-state index in [9.17, 15) is 18.0 Å². The van der Waals surface area contributed by atoms with Gasteiger partial charge in [-0.15, -0.1) is 0 Å². The van der Waals surface area contributed by atoms with E-state index in [0.29, 0.717) is 5.56 Å². The van der Waals surface area contributed by atoms with E-state index in [4.69, 9.17) is 39.6 Å². The van der Waals surface area contributed by atoms with Gasteiger partial charge in [0.05, 0.1) is 16.4 Å². The first-order valence-electron chi connectivity index (χ1n) is 8.13. The maximum absolute atomic E-state index is 14.0. The van der Waals surface area contributed by atoms with Gasteiger partial charge in [0, 0.05) is 34.5 Å². The number of hydrazine groups is 1. The molecule has 29 heavy (non-hydrogen) atoms. The molecule has 2 N–H and O–H groups in total. The van der Waals surface area contributed by atoms with Gasteiger partial charge in [0.15, 0.2) is 0 Å². The van der Waals surface area contributed by atoms with Crippen LogP contribution in [0.1, 0.15) is 24.5 Å². The lowest BCUT2D eigenvalue weighted by molar-refractivity contribution is -0.275. The molecular formula is C18H13Cl3F3N3O2. The molecule has 1 unspecified atom stereocenters. The summed E-state index contributed by atoms with van der Waals surface area (Å²) in [5.41, 5.74) is 2.61. The number of carbonyl (C=O) groups excluding carboxylic acids is 1. The van der Waals surface area contributed by atoms with E-state index in [2.05, 4.69) is 16.0 Å². The van der Waals surface area contributed by atoms with Crippen LogP contribution in [0.4, 0.5) is 18.9 Å². The van der Waals surface area contributed by atoms with Crippen LogP contribution in [-0.2, 0) is 15.2 Å². The average Bonchev–Trinajstić information content (AvgIpc) is 3.07. The zero-order valence-electron chi connectivity index (χ0n) is 14.7. The fraction of sp³-hybridized carbons (Fsp3) is 0.222. The van der Waals surface area contributed by atoms with E-state index in [-0.39, 0.29) is 37.9 Å². The lowest BCUT2D eigenvalue weighted by Gasteiger charge is -2.29. The molecule has 1 heterocycles. The largest absolute Gasteiger partial charge is 0.435 e. The summed E-state index contributed by atoms with van der Waals surface area (Å²) < 4.78 is 42.1. The molecule has 5 nitrogen and oxygen atoms in total. The van der Waals surface area contributed by atoms with Crippen LogP contribution < -0.4 is 10.9 Å². The number of anilines is 1. The molecule has 2 aromatic carbocycles. The molecule has 0 spiro atoms. The van der Waals surface area contributed by atoms with Crippen LogP contribution in [0.15, 0.2) is 41.6 Å². The minimum atomic E-state index is -4.80. The van der Waals surface area contributed by atoms with Crippen molar-refractivity contribution >= 4 is 52.1 Å². The maximum Gasteiger partial charge on any atom is 0.435 e. The highest BCUT2D eigenvalue weighted by atomic mass is 35.5. The van der Waals surface area contributed by atoms with Gasteiger partial charge in [-0.25, -0.2) is 0 Å². The number of benzene rings is 2. The average molecular weight is 467 g/mol. The summed E-state index contributed by atoms with van der Waals surface area (Å²) in [6.45, 7) is 1.29. The summed E-state index contributed by atoms with van der Waals surface area (Å²) in [6.07, 6.45) is -5.40. The lowest BCUT2D eigenvalue weighted by atomic mass is 9.86. The molecule has 1 aliphatic heterocycles. The predicted octanol–water partition coefficient (Wildman–Crippen LogP) is 5.69. The van der Waals surface area contributed by atoms with Gasteiger partial charge in [-0.2, -0.15) is 13.2 Å². The van der Waals surface area contributed by atoms with E-state index >= 15 is 0 Å². The van der Waals surface area contributed by atoms with Crippen LogP contribution in [0.25, 0.3) is 0 Å². The van der Waals surface area contributed by atoms with Gasteiger partial charge < -0.3 is 4.84 Å². The topological polar surface area (TPSA) is 62.7 Å². The lowest BCUT2D eigenvalue weighted by Crippen LogP contribution is -2.42. The molecule has 1 aliphatic rings. The van der Waals surface area contributed by atoms with Gasteiger partial charge in [-0.3, -0.25) is 15.6 Å². The van der Waals surface area contributed by atoms with Gasteiger partial charge in [0.1, 0.15) is 0 Å². The second kappa shape index (κ2) is 7.93. The quantitative estimate of drug-likeness (QED) is 0.569. The number of halogens is 6. The summed E-state index contributed by atoms with van der Waals surface area (Å²) in [6, 6.07) is 8.04. The minimum Gasteiger partial charge on any atom is -0.374 e. The summed E-state index contributed by atoms with van der Waals surface area (Å²) in [4.78, 5) is 16.0. The van der Waals surface area contributed by atoms with Crippen molar-refractivity contribution in [3.8, 4) is 0 Å². The molecule has 0 fully saturated rings. The molecule has 0 radical (unpaired) electrons. The van der Waals surface area contributed by atoms with Gasteiger partial charge in [0.2, 0.25) is 5.91 Å². The summed E-state index contributed by atoms with van der Waals surface area (Å²) in [5, 5.41) is 4.02. The van der Waals surface area contributed by atoms with Crippen molar-refractivity contribution in [2.45, 2.75) is 25.1 Å². The maximum atomic E-state index is 14.0. The molecule has 11 heteroatoms. The number of carbonyl (C=O) groups is 1. The predicted molar refractivity (Wildman–Crippen MR) is 105 cm³/mol. The first kappa shape index (κ1) is 21.5. The van der Waals surface area contributed by atoms with Gasteiger partial charge in [-0.1, -0.05) is 46.0 Å². The third-order valence-electron chi connectivity index (χ3n) is 4.19. The number of alkyl halides is 3. The van der Waals surface area contributed by atoms with Crippen molar-refractivity contribution in [2.75, 3.05) is 5.43 Å². The second-order valence-electron chi connectivity index (χ2n) is 6.29. The Morgan fingerprint density at radius 3 is 2.38 bits per heavy atom. The van der Waals surface area contributed by atoms with Crippen molar-refractivity contribution in [2.24, 2.45) is 5.16 Å². The van der Waals surface area contributed by atoms with E-state index in [1.165, 1.54) is 31.2 Å². The van der Waals surface area contributed by atoms with Crippen LogP contribution in [0, 0.1) is 0 Å². The number of oxime groups is 1. The number of nitrogens with zero attached hydrogens (tertiary/aromatic N) is 1. The number of nitrogens with one attached hydrogen (secondary N) is 2. The van der Waals surface area contributed by atoms with Crippen LogP contribution in [0.5, 0.6) is 0 Å². The highest BCUT2D eigenvalue weighted by Gasteiger charge is 2.62. The molecule has 1 amide bonds. The van der Waals surface area contributed by atoms with Crippen molar-refractivity contribution in [1.82, 2.24) is 5.43 Å². The number of amides is 1. The van der Waals surface area contributed by atoms with E-state index < -0.39 is 18.2 Å². The van der Waals surface area contributed by atoms with Crippen LogP contribution in [-0.4, -0.2) is 17.8 Å². The molecule has 0 saturated carbocycles. The zero-order chi connectivity index (χ0) is 21.4. The van der Waals surface area contributed by atoms with Crippen molar-refractivity contribution in [1.29, 1.82) is 0 Å². The fourth-order valence-corrected chi connectivity index (χ4v) is 3.49. The SMILES string of the molecule is CC(=O)NNc1cc(C2=NOC(c3cc(Cl)cc(Cl)c3)(C(F)(F)F)C2)ccc1Cl. The number of rotatable bonds is 4. The standard InChI is InChI=1S/C18H13Cl3F3N3O2/c1-9(28)25-26-15-4-10(2-3-14(15)21)16-8-17(29-27-16,18(22,23)24)11-5-12(19)7-13(20)6-11/h2-7,26H,8H2,1H3,(H,25,28). The molecule has 2 aromatic rings. The number of hydrogen-bond donors (Lipinski definition) is 2. The van der Waals surface area contributed by atoms with Gasteiger partial charge in [-0.05, 0) is 30.3 Å². The molecule has 0 bridgehead atoms. The molecule has 0 aliphatic carbocycles. The zero-order valence-corrected chi connectivity index (χ0v) is 17.0. The van der Waals surface area contributed by atoms with Crippen molar-refractivity contribution in [3.63, 3.8) is 0 Å². The Balaban J connectivity index is 1.97.